The van der Waals surface area contributed by atoms with E-state index >= 15 is 0 Å². The smallest absolute Gasteiger partial charge is 0.144 e. The van der Waals surface area contributed by atoms with E-state index < -0.39 is 0 Å². The Morgan fingerprint density at radius 2 is 2.00 bits per heavy atom. The highest BCUT2D eigenvalue weighted by molar-refractivity contribution is 5.92. The van der Waals surface area contributed by atoms with Crippen LogP contribution in [-0.4, -0.2) is 23.3 Å². The fourth-order valence-electron chi connectivity index (χ4n) is 1.52. The molecule has 1 aromatic heterocycles. The fourth-order valence-corrected chi connectivity index (χ4v) is 1.52. The van der Waals surface area contributed by atoms with Crippen molar-refractivity contribution in [2.75, 3.05) is 18.2 Å². The molecule has 0 fully saturated rings. The van der Waals surface area contributed by atoms with Crippen LogP contribution >= 0.6 is 0 Å². The number of oxime groups is 1. The molecule has 1 aromatic carbocycles. The van der Waals surface area contributed by atoms with E-state index in [2.05, 4.69) is 25.3 Å². The van der Waals surface area contributed by atoms with Crippen molar-refractivity contribution in [3.63, 3.8) is 0 Å². The summed E-state index contributed by atoms with van der Waals surface area (Å²) in [5, 5.41) is 6.87. The third-order valence-corrected chi connectivity index (χ3v) is 2.52. The average Bonchev–Trinajstić information content (AvgIpc) is 2.41. The second kappa shape index (κ2) is 5.81. The summed E-state index contributed by atoms with van der Waals surface area (Å²) in [5.41, 5.74) is 8.49. The maximum absolute atomic E-state index is 5.80. The number of hydrogen-bond donors (Lipinski definition) is 2. The second-order valence-corrected chi connectivity index (χ2v) is 3.93. The van der Waals surface area contributed by atoms with Gasteiger partial charge in [-0.1, -0.05) is 22.9 Å². The van der Waals surface area contributed by atoms with Crippen molar-refractivity contribution in [3.8, 4) is 0 Å². The largest absolute Gasteiger partial charge is 0.399 e. The summed E-state index contributed by atoms with van der Waals surface area (Å²) >= 11 is 0. The lowest BCUT2D eigenvalue weighted by atomic mass is 10.2. The van der Waals surface area contributed by atoms with E-state index in [4.69, 9.17) is 5.73 Å². The standard InChI is InChI=1S/C13H15N5O/c1-9-3-5-10(6-4-9)18-13-11(7-17-19-2)12(14)15-8-16-13/h3-8H,1-2H3,(H3,14,15,16,18). The maximum atomic E-state index is 5.80. The Kier molecular flexibility index (Phi) is 3.92. The van der Waals surface area contributed by atoms with E-state index in [-0.39, 0.29) is 0 Å². The molecule has 0 aliphatic rings. The van der Waals surface area contributed by atoms with Crippen molar-refractivity contribution in [2.24, 2.45) is 5.16 Å². The molecule has 6 nitrogen and oxygen atoms in total. The zero-order valence-electron chi connectivity index (χ0n) is 10.8. The van der Waals surface area contributed by atoms with Crippen LogP contribution in [0.25, 0.3) is 0 Å². The van der Waals surface area contributed by atoms with E-state index in [9.17, 15) is 0 Å². The lowest BCUT2D eigenvalue weighted by Crippen LogP contribution is -2.04. The number of nitrogens with one attached hydrogen (secondary N) is 1. The zero-order chi connectivity index (χ0) is 13.7. The molecule has 19 heavy (non-hydrogen) atoms. The summed E-state index contributed by atoms with van der Waals surface area (Å²) in [7, 11) is 1.46. The number of benzene rings is 1. The number of aromatic nitrogens is 2. The molecular formula is C13H15N5O. The molecule has 0 saturated carbocycles. The van der Waals surface area contributed by atoms with E-state index in [1.807, 2.05) is 31.2 Å². The third-order valence-electron chi connectivity index (χ3n) is 2.52. The Labute approximate surface area is 111 Å². The highest BCUT2D eigenvalue weighted by Crippen LogP contribution is 2.20. The maximum Gasteiger partial charge on any atom is 0.144 e. The molecule has 1 heterocycles. The second-order valence-electron chi connectivity index (χ2n) is 3.93. The summed E-state index contributed by atoms with van der Waals surface area (Å²) in [6, 6.07) is 7.95. The van der Waals surface area contributed by atoms with Crippen molar-refractivity contribution in [1.29, 1.82) is 0 Å². The van der Waals surface area contributed by atoms with Crippen LogP contribution in [0.5, 0.6) is 0 Å². The van der Waals surface area contributed by atoms with Gasteiger partial charge < -0.3 is 15.9 Å². The number of nitrogens with two attached hydrogens (primary N) is 1. The number of nitrogens with zero attached hydrogens (tertiary/aromatic N) is 3. The Balaban J connectivity index is 2.31. The molecule has 0 spiro atoms. The van der Waals surface area contributed by atoms with Gasteiger partial charge in [-0.3, -0.25) is 0 Å². The summed E-state index contributed by atoms with van der Waals surface area (Å²) in [4.78, 5) is 12.7. The van der Waals surface area contributed by atoms with Crippen molar-refractivity contribution in [1.82, 2.24) is 9.97 Å². The van der Waals surface area contributed by atoms with Gasteiger partial charge in [0.25, 0.3) is 0 Å². The van der Waals surface area contributed by atoms with Gasteiger partial charge in [-0.05, 0) is 19.1 Å². The molecule has 2 aromatic rings. The number of anilines is 3. The molecule has 2 rings (SSSR count). The first-order chi connectivity index (χ1) is 9.20. The Bertz CT molecular complexity index is 580. The summed E-state index contributed by atoms with van der Waals surface area (Å²) < 4.78 is 0. The molecule has 0 bridgehead atoms. The number of rotatable bonds is 4. The molecule has 0 saturated heterocycles. The number of hydrogen-bond acceptors (Lipinski definition) is 6. The molecule has 0 atom stereocenters. The van der Waals surface area contributed by atoms with Crippen molar-refractivity contribution < 1.29 is 4.84 Å². The van der Waals surface area contributed by atoms with Crippen molar-refractivity contribution in [3.05, 3.63) is 41.7 Å². The van der Waals surface area contributed by atoms with Crippen molar-refractivity contribution in [2.45, 2.75) is 6.92 Å². The third kappa shape index (κ3) is 3.19. The Morgan fingerprint density at radius 3 is 2.68 bits per heavy atom. The Hall–Kier alpha value is -2.63. The van der Waals surface area contributed by atoms with Gasteiger partial charge in [0.05, 0.1) is 11.8 Å². The number of aryl methyl sites for hydroxylation is 1. The minimum Gasteiger partial charge on any atom is -0.399 e. The van der Waals surface area contributed by atoms with Crippen LogP contribution in [-0.2, 0) is 4.84 Å². The quantitative estimate of drug-likeness (QED) is 0.647. The topological polar surface area (TPSA) is 85.4 Å². The minimum absolute atomic E-state index is 0.338. The first-order valence-corrected chi connectivity index (χ1v) is 5.71. The molecule has 0 amide bonds. The lowest BCUT2D eigenvalue weighted by Gasteiger charge is -2.09. The molecule has 98 valence electrons. The van der Waals surface area contributed by atoms with Crippen molar-refractivity contribution >= 4 is 23.5 Å². The molecule has 3 N–H and O–H groups in total. The van der Waals surface area contributed by atoms with Gasteiger partial charge in [0.2, 0.25) is 0 Å². The normalized spacial score (nSPS) is 10.6. The van der Waals surface area contributed by atoms with Crippen LogP contribution in [0.4, 0.5) is 17.3 Å². The summed E-state index contributed by atoms with van der Waals surface area (Å²) in [5.74, 6) is 0.919. The summed E-state index contributed by atoms with van der Waals surface area (Å²) in [6.07, 6.45) is 2.88. The predicted octanol–water partition coefficient (Wildman–Crippen LogP) is 2.09. The van der Waals surface area contributed by atoms with Gasteiger partial charge in [-0.15, -0.1) is 0 Å². The predicted molar refractivity (Wildman–Crippen MR) is 75.5 cm³/mol. The molecule has 0 aliphatic carbocycles. The first kappa shape index (κ1) is 12.8. The lowest BCUT2D eigenvalue weighted by molar-refractivity contribution is 0.215. The Morgan fingerprint density at radius 1 is 1.26 bits per heavy atom. The number of nitrogen functional groups attached to an aromatic ring is 1. The average molecular weight is 257 g/mol. The van der Waals surface area contributed by atoms with Gasteiger partial charge in [0.15, 0.2) is 0 Å². The van der Waals surface area contributed by atoms with E-state index in [1.165, 1.54) is 25.2 Å². The fraction of sp³-hybridized carbons (Fsp3) is 0.154. The van der Waals surface area contributed by atoms with E-state index in [1.54, 1.807) is 0 Å². The van der Waals surface area contributed by atoms with E-state index in [0.29, 0.717) is 17.2 Å². The highest BCUT2D eigenvalue weighted by Gasteiger charge is 2.07. The molecule has 6 heteroatoms. The van der Waals surface area contributed by atoms with Gasteiger partial charge in [0.1, 0.15) is 25.1 Å². The first-order valence-electron chi connectivity index (χ1n) is 5.71. The zero-order valence-corrected chi connectivity index (χ0v) is 10.8. The van der Waals surface area contributed by atoms with Crippen LogP contribution in [0.3, 0.4) is 0 Å². The van der Waals surface area contributed by atoms with Gasteiger partial charge in [-0.2, -0.15) is 0 Å². The van der Waals surface area contributed by atoms with Crippen LogP contribution in [0, 0.1) is 6.92 Å². The monoisotopic (exact) mass is 257 g/mol. The van der Waals surface area contributed by atoms with Gasteiger partial charge in [0, 0.05) is 5.69 Å². The van der Waals surface area contributed by atoms with Gasteiger partial charge >= 0.3 is 0 Å². The van der Waals surface area contributed by atoms with Gasteiger partial charge in [-0.25, -0.2) is 9.97 Å². The molecule has 0 radical (unpaired) electrons. The van der Waals surface area contributed by atoms with Crippen LogP contribution in [0.1, 0.15) is 11.1 Å². The minimum atomic E-state index is 0.338. The molecule has 0 unspecified atom stereocenters. The van der Waals surface area contributed by atoms with Crippen LogP contribution in [0.15, 0.2) is 35.7 Å². The molecular weight excluding hydrogens is 242 g/mol. The van der Waals surface area contributed by atoms with Crippen LogP contribution in [0.2, 0.25) is 0 Å². The highest BCUT2D eigenvalue weighted by atomic mass is 16.6. The van der Waals surface area contributed by atoms with E-state index in [0.717, 1.165) is 5.69 Å². The molecule has 0 aliphatic heterocycles. The van der Waals surface area contributed by atoms with Crippen LogP contribution < -0.4 is 11.1 Å². The SMILES string of the molecule is CON=Cc1c(N)ncnc1Nc1ccc(C)cc1. The summed E-state index contributed by atoms with van der Waals surface area (Å²) in [6.45, 7) is 2.03.